The van der Waals surface area contributed by atoms with E-state index in [1.54, 1.807) is 0 Å². The molecular weight excluding hydrogens is 314 g/mol. The van der Waals surface area contributed by atoms with Crippen molar-refractivity contribution in [2.24, 2.45) is 0 Å². The number of aryl methyl sites for hydroxylation is 1. The molecule has 4 aromatic carbocycles. The Kier molecular flexibility index (Phi) is 3.39. The average molecular weight is 333 g/mol. The Morgan fingerprint density at radius 2 is 1.19 bits per heavy atom. The number of benzene rings is 4. The van der Waals surface area contributed by atoms with Crippen LogP contribution in [-0.2, 0) is 0 Å². The van der Waals surface area contributed by atoms with Gasteiger partial charge in [-0.1, -0.05) is 72.8 Å². The molecule has 5 rings (SSSR count). The Labute approximate surface area is 153 Å². The molecule has 1 heterocycles. The molecule has 0 fully saturated rings. The molecule has 0 aliphatic carbocycles. The second-order valence-electron chi connectivity index (χ2n) is 6.79. The molecule has 5 aromatic rings. The lowest BCUT2D eigenvalue weighted by Crippen LogP contribution is -1.93. The van der Waals surface area contributed by atoms with Crippen LogP contribution in [0.2, 0.25) is 0 Å². The molecule has 0 saturated heterocycles. The van der Waals surface area contributed by atoms with E-state index in [9.17, 15) is 0 Å². The molecule has 0 amide bonds. The highest BCUT2D eigenvalue weighted by atomic mass is 15.0. The van der Waals surface area contributed by atoms with Crippen molar-refractivity contribution in [3.8, 4) is 16.8 Å². The smallest absolute Gasteiger partial charge is 0.0543 e. The van der Waals surface area contributed by atoms with Crippen molar-refractivity contribution >= 4 is 21.8 Å². The third kappa shape index (κ3) is 2.33. The summed E-state index contributed by atoms with van der Waals surface area (Å²) in [6.07, 6.45) is 0. The summed E-state index contributed by atoms with van der Waals surface area (Å²) in [6.45, 7) is 2.15. The van der Waals surface area contributed by atoms with Crippen molar-refractivity contribution in [2.75, 3.05) is 0 Å². The van der Waals surface area contributed by atoms with Gasteiger partial charge in [-0.2, -0.15) is 0 Å². The van der Waals surface area contributed by atoms with E-state index in [0.29, 0.717) is 0 Å². The van der Waals surface area contributed by atoms with Crippen molar-refractivity contribution in [1.82, 2.24) is 4.57 Å². The van der Waals surface area contributed by atoms with E-state index in [-0.39, 0.29) is 0 Å². The summed E-state index contributed by atoms with van der Waals surface area (Å²) in [5.41, 5.74) is 7.48. The first-order valence-corrected chi connectivity index (χ1v) is 8.97. The SMILES string of the molecule is Cc1ccc2c3ccccc3n(-c3ccc(-c4ccccc4)cc3)c2c1. The van der Waals surface area contributed by atoms with Gasteiger partial charge in [0.2, 0.25) is 0 Å². The Balaban J connectivity index is 1.74. The molecule has 0 unspecified atom stereocenters. The number of hydrogen-bond donors (Lipinski definition) is 0. The molecule has 1 heteroatoms. The maximum atomic E-state index is 2.37. The molecule has 0 atom stereocenters. The van der Waals surface area contributed by atoms with Crippen LogP contribution in [0, 0.1) is 6.92 Å². The van der Waals surface area contributed by atoms with Crippen LogP contribution in [0.3, 0.4) is 0 Å². The van der Waals surface area contributed by atoms with Gasteiger partial charge < -0.3 is 4.57 Å². The quantitative estimate of drug-likeness (QED) is 0.336. The van der Waals surface area contributed by atoms with Crippen molar-refractivity contribution < 1.29 is 0 Å². The van der Waals surface area contributed by atoms with E-state index in [0.717, 1.165) is 0 Å². The lowest BCUT2D eigenvalue weighted by Gasteiger charge is -2.09. The van der Waals surface area contributed by atoms with Gasteiger partial charge in [0.15, 0.2) is 0 Å². The highest BCUT2D eigenvalue weighted by molar-refractivity contribution is 6.09. The Hall–Kier alpha value is -3.32. The fourth-order valence-corrected chi connectivity index (χ4v) is 3.79. The number of nitrogens with zero attached hydrogens (tertiary/aromatic N) is 1. The highest BCUT2D eigenvalue weighted by Gasteiger charge is 2.11. The van der Waals surface area contributed by atoms with E-state index >= 15 is 0 Å². The van der Waals surface area contributed by atoms with Gasteiger partial charge in [0.05, 0.1) is 11.0 Å². The summed E-state index contributed by atoms with van der Waals surface area (Å²) in [6, 6.07) is 34.7. The number of hydrogen-bond acceptors (Lipinski definition) is 0. The fraction of sp³-hybridized carbons (Fsp3) is 0.0400. The maximum absolute atomic E-state index is 2.37. The fourth-order valence-electron chi connectivity index (χ4n) is 3.79. The summed E-state index contributed by atoms with van der Waals surface area (Å²) >= 11 is 0. The van der Waals surface area contributed by atoms with Gasteiger partial charge in [-0.05, 0) is 47.9 Å². The number of para-hydroxylation sites is 1. The van der Waals surface area contributed by atoms with E-state index in [1.165, 1.54) is 44.2 Å². The van der Waals surface area contributed by atoms with Crippen LogP contribution in [0.5, 0.6) is 0 Å². The maximum Gasteiger partial charge on any atom is 0.0543 e. The molecule has 0 N–H and O–H groups in total. The standard InChI is InChI=1S/C25H19N/c1-18-11-16-23-22-9-5-6-10-24(22)26(25(23)17-18)21-14-12-20(13-15-21)19-7-3-2-4-8-19/h2-17H,1H3. The first-order valence-electron chi connectivity index (χ1n) is 8.97. The topological polar surface area (TPSA) is 4.93 Å². The molecule has 1 aromatic heterocycles. The number of aromatic nitrogens is 1. The van der Waals surface area contributed by atoms with Gasteiger partial charge in [0.25, 0.3) is 0 Å². The largest absolute Gasteiger partial charge is 0.309 e. The molecule has 0 bridgehead atoms. The van der Waals surface area contributed by atoms with Crippen LogP contribution in [0.1, 0.15) is 5.56 Å². The predicted molar refractivity (Wildman–Crippen MR) is 111 cm³/mol. The summed E-state index contributed by atoms with van der Waals surface area (Å²) in [7, 11) is 0. The molecule has 1 nitrogen and oxygen atoms in total. The van der Waals surface area contributed by atoms with Gasteiger partial charge >= 0.3 is 0 Å². The van der Waals surface area contributed by atoms with E-state index in [2.05, 4.69) is 109 Å². The van der Waals surface area contributed by atoms with Crippen LogP contribution < -0.4 is 0 Å². The molecule has 26 heavy (non-hydrogen) atoms. The zero-order valence-electron chi connectivity index (χ0n) is 14.7. The van der Waals surface area contributed by atoms with Crippen LogP contribution in [0.15, 0.2) is 97.1 Å². The van der Waals surface area contributed by atoms with Gasteiger partial charge in [0, 0.05) is 16.5 Å². The predicted octanol–water partition coefficient (Wildman–Crippen LogP) is 6.76. The van der Waals surface area contributed by atoms with Crippen molar-refractivity contribution in [2.45, 2.75) is 6.92 Å². The minimum absolute atomic E-state index is 1.20. The van der Waals surface area contributed by atoms with Crippen molar-refractivity contribution in [1.29, 1.82) is 0 Å². The van der Waals surface area contributed by atoms with Gasteiger partial charge in [-0.25, -0.2) is 0 Å². The summed E-state index contributed by atoms with van der Waals surface area (Å²) in [5, 5.41) is 2.60. The van der Waals surface area contributed by atoms with Gasteiger partial charge in [0.1, 0.15) is 0 Å². The Bertz CT molecular complexity index is 1210. The molecule has 0 aliphatic heterocycles. The zero-order valence-corrected chi connectivity index (χ0v) is 14.7. The molecule has 0 radical (unpaired) electrons. The van der Waals surface area contributed by atoms with Crippen LogP contribution in [0.4, 0.5) is 0 Å². The first kappa shape index (κ1) is 15.0. The van der Waals surface area contributed by atoms with E-state index in [4.69, 9.17) is 0 Å². The van der Waals surface area contributed by atoms with Gasteiger partial charge in [-0.15, -0.1) is 0 Å². The van der Waals surface area contributed by atoms with E-state index < -0.39 is 0 Å². The summed E-state index contributed by atoms with van der Waals surface area (Å²) in [4.78, 5) is 0. The minimum atomic E-state index is 1.20. The first-order chi connectivity index (χ1) is 12.8. The molecule has 0 saturated carbocycles. The van der Waals surface area contributed by atoms with E-state index in [1.807, 2.05) is 0 Å². The van der Waals surface area contributed by atoms with Crippen LogP contribution >= 0.6 is 0 Å². The number of rotatable bonds is 2. The normalized spacial score (nSPS) is 11.3. The van der Waals surface area contributed by atoms with Crippen molar-refractivity contribution in [3.05, 3.63) is 103 Å². The molecule has 0 spiro atoms. The summed E-state index contributed by atoms with van der Waals surface area (Å²) in [5.74, 6) is 0. The van der Waals surface area contributed by atoms with Crippen LogP contribution in [-0.4, -0.2) is 4.57 Å². The average Bonchev–Trinajstić information content (AvgIpc) is 3.02. The molecule has 0 aliphatic rings. The molecule has 124 valence electrons. The Morgan fingerprint density at radius 3 is 2.00 bits per heavy atom. The lowest BCUT2D eigenvalue weighted by atomic mass is 10.1. The zero-order chi connectivity index (χ0) is 17.5. The Morgan fingerprint density at radius 1 is 0.538 bits per heavy atom. The monoisotopic (exact) mass is 333 g/mol. The second kappa shape index (κ2) is 5.89. The second-order valence-corrected chi connectivity index (χ2v) is 6.79. The number of fused-ring (bicyclic) bond motifs is 3. The third-order valence-electron chi connectivity index (χ3n) is 5.06. The summed E-state index contributed by atoms with van der Waals surface area (Å²) < 4.78 is 2.37. The van der Waals surface area contributed by atoms with Crippen molar-refractivity contribution in [3.63, 3.8) is 0 Å². The highest BCUT2D eigenvalue weighted by Crippen LogP contribution is 2.33. The molecular formula is C25H19N. The lowest BCUT2D eigenvalue weighted by molar-refractivity contribution is 1.18. The van der Waals surface area contributed by atoms with Crippen LogP contribution in [0.25, 0.3) is 38.6 Å². The minimum Gasteiger partial charge on any atom is -0.309 e. The van der Waals surface area contributed by atoms with Gasteiger partial charge in [-0.3, -0.25) is 0 Å². The third-order valence-corrected chi connectivity index (χ3v) is 5.06.